The van der Waals surface area contributed by atoms with Gasteiger partial charge in [0.25, 0.3) is 0 Å². The van der Waals surface area contributed by atoms with Gasteiger partial charge in [0.15, 0.2) is 0 Å². The summed E-state index contributed by atoms with van der Waals surface area (Å²) in [5.41, 5.74) is 5.59. The molecule has 0 aliphatic heterocycles. The zero-order chi connectivity index (χ0) is 15.6. The van der Waals surface area contributed by atoms with Gasteiger partial charge in [0.05, 0.1) is 5.69 Å². The molecule has 4 nitrogen and oxygen atoms in total. The molecule has 2 rings (SSSR count). The number of hydrogen-bond donors (Lipinski definition) is 2. The van der Waals surface area contributed by atoms with Crippen LogP contribution in [-0.4, -0.2) is 8.42 Å². The second-order valence-electron chi connectivity index (χ2n) is 4.24. The number of sulfonamides is 1. The van der Waals surface area contributed by atoms with Crippen molar-refractivity contribution in [2.75, 3.05) is 5.73 Å². The third-order valence-electron chi connectivity index (χ3n) is 2.73. The first kappa shape index (κ1) is 15.9. The second kappa shape index (κ2) is 6.08. The Morgan fingerprint density at radius 3 is 2.57 bits per heavy atom. The lowest BCUT2D eigenvalue weighted by molar-refractivity contribution is 0.567. The largest absolute Gasteiger partial charge is 0.398 e. The highest BCUT2D eigenvalue weighted by Crippen LogP contribution is 2.23. The maximum Gasteiger partial charge on any atom is 0.242 e. The van der Waals surface area contributed by atoms with Crippen LogP contribution in [0.3, 0.4) is 0 Å². The molecule has 0 fully saturated rings. The molecule has 2 aromatic carbocycles. The third kappa shape index (κ3) is 3.78. The standard InChI is InChI=1S/C13H11BrF2N2O2S/c14-9-1-4-12(17)13(6-9)21(19,20)18-7-8-5-10(15)2-3-11(8)16/h1-6,18H,7,17H2. The van der Waals surface area contributed by atoms with Crippen LogP contribution in [0.1, 0.15) is 5.56 Å². The quantitative estimate of drug-likeness (QED) is 0.805. The average molecular weight is 377 g/mol. The fourth-order valence-corrected chi connectivity index (χ4v) is 3.34. The van der Waals surface area contributed by atoms with Crippen LogP contribution in [0.5, 0.6) is 0 Å². The Labute approximate surface area is 129 Å². The minimum Gasteiger partial charge on any atom is -0.398 e. The van der Waals surface area contributed by atoms with Crippen molar-refractivity contribution in [3.63, 3.8) is 0 Å². The highest BCUT2D eigenvalue weighted by Gasteiger charge is 2.18. The number of halogens is 3. The summed E-state index contributed by atoms with van der Waals surface area (Å²) >= 11 is 3.15. The van der Waals surface area contributed by atoms with E-state index in [1.165, 1.54) is 12.1 Å². The van der Waals surface area contributed by atoms with Crippen molar-refractivity contribution in [2.24, 2.45) is 0 Å². The van der Waals surface area contributed by atoms with Crippen LogP contribution >= 0.6 is 15.9 Å². The van der Waals surface area contributed by atoms with Gasteiger partial charge < -0.3 is 5.73 Å². The van der Waals surface area contributed by atoms with Crippen LogP contribution in [-0.2, 0) is 16.6 Å². The van der Waals surface area contributed by atoms with Gasteiger partial charge in [0, 0.05) is 16.6 Å². The molecule has 0 saturated heterocycles. The first-order valence-corrected chi connectivity index (χ1v) is 8.06. The average Bonchev–Trinajstić information content (AvgIpc) is 2.42. The lowest BCUT2D eigenvalue weighted by atomic mass is 10.2. The van der Waals surface area contributed by atoms with E-state index in [2.05, 4.69) is 20.7 Å². The van der Waals surface area contributed by atoms with Gasteiger partial charge in [-0.1, -0.05) is 15.9 Å². The molecule has 8 heteroatoms. The van der Waals surface area contributed by atoms with E-state index in [9.17, 15) is 17.2 Å². The molecular weight excluding hydrogens is 366 g/mol. The van der Waals surface area contributed by atoms with Gasteiger partial charge in [0.1, 0.15) is 16.5 Å². The number of anilines is 1. The highest BCUT2D eigenvalue weighted by molar-refractivity contribution is 9.10. The predicted molar refractivity (Wildman–Crippen MR) is 78.9 cm³/mol. The molecule has 0 atom stereocenters. The molecule has 0 unspecified atom stereocenters. The molecule has 0 amide bonds. The summed E-state index contributed by atoms with van der Waals surface area (Å²) in [4.78, 5) is -0.131. The fraction of sp³-hybridized carbons (Fsp3) is 0.0769. The number of nitrogens with one attached hydrogen (secondary N) is 1. The van der Waals surface area contributed by atoms with Crippen LogP contribution in [0.2, 0.25) is 0 Å². The second-order valence-corrected chi connectivity index (χ2v) is 6.89. The van der Waals surface area contributed by atoms with Crippen LogP contribution in [0.15, 0.2) is 45.8 Å². The van der Waals surface area contributed by atoms with Crippen molar-refractivity contribution in [3.8, 4) is 0 Å². The molecule has 0 aromatic heterocycles. The molecule has 2 aromatic rings. The van der Waals surface area contributed by atoms with Crippen LogP contribution in [0, 0.1) is 11.6 Å². The van der Waals surface area contributed by atoms with E-state index in [-0.39, 0.29) is 22.7 Å². The van der Waals surface area contributed by atoms with E-state index < -0.39 is 21.7 Å². The Morgan fingerprint density at radius 2 is 1.86 bits per heavy atom. The first-order chi connectivity index (χ1) is 9.79. The number of nitrogen functional groups attached to an aromatic ring is 1. The van der Waals surface area contributed by atoms with Crippen molar-refractivity contribution in [2.45, 2.75) is 11.4 Å². The summed E-state index contributed by atoms with van der Waals surface area (Å²) in [5, 5.41) is 0. The van der Waals surface area contributed by atoms with E-state index in [1.54, 1.807) is 6.07 Å². The Hall–Kier alpha value is -1.51. The van der Waals surface area contributed by atoms with E-state index in [0.717, 1.165) is 18.2 Å². The summed E-state index contributed by atoms with van der Waals surface area (Å²) in [6.07, 6.45) is 0. The van der Waals surface area contributed by atoms with Gasteiger partial charge in [-0.3, -0.25) is 0 Å². The Kier molecular flexibility index (Phi) is 4.60. The Bertz CT molecular complexity index is 782. The number of hydrogen-bond acceptors (Lipinski definition) is 3. The van der Waals surface area contributed by atoms with E-state index in [1.807, 2.05) is 0 Å². The summed E-state index contributed by atoms with van der Waals surface area (Å²) in [7, 11) is -3.94. The summed E-state index contributed by atoms with van der Waals surface area (Å²) < 4.78 is 53.5. The van der Waals surface area contributed by atoms with Crippen molar-refractivity contribution >= 4 is 31.6 Å². The van der Waals surface area contributed by atoms with Crippen molar-refractivity contribution in [3.05, 3.63) is 58.1 Å². The van der Waals surface area contributed by atoms with Crippen LogP contribution < -0.4 is 10.5 Å². The first-order valence-electron chi connectivity index (χ1n) is 5.78. The molecule has 21 heavy (non-hydrogen) atoms. The molecule has 0 aliphatic carbocycles. The van der Waals surface area contributed by atoms with E-state index >= 15 is 0 Å². The monoisotopic (exact) mass is 376 g/mol. The molecule has 0 radical (unpaired) electrons. The smallest absolute Gasteiger partial charge is 0.242 e. The van der Waals surface area contributed by atoms with E-state index in [4.69, 9.17) is 5.73 Å². The lowest BCUT2D eigenvalue weighted by Gasteiger charge is -2.10. The van der Waals surface area contributed by atoms with Crippen molar-refractivity contribution < 1.29 is 17.2 Å². The Morgan fingerprint density at radius 1 is 1.14 bits per heavy atom. The zero-order valence-electron chi connectivity index (χ0n) is 10.6. The summed E-state index contributed by atoms with van der Waals surface area (Å²) in [6, 6.07) is 7.19. The van der Waals surface area contributed by atoms with Crippen LogP contribution in [0.4, 0.5) is 14.5 Å². The maximum atomic E-state index is 13.5. The Balaban J connectivity index is 2.26. The molecule has 0 saturated carbocycles. The van der Waals surface area contributed by atoms with Crippen LogP contribution in [0.25, 0.3) is 0 Å². The van der Waals surface area contributed by atoms with Gasteiger partial charge in [-0.15, -0.1) is 0 Å². The predicted octanol–water partition coefficient (Wildman–Crippen LogP) is 2.79. The molecule has 0 heterocycles. The number of nitrogens with two attached hydrogens (primary N) is 1. The molecule has 112 valence electrons. The van der Waals surface area contributed by atoms with Gasteiger partial charge in [-0.05, 0) is 36.4 Å². The normalized spacial score (nSPS) is 11.6. The lowest BCUT2D eigenvalue weighted by Crippen LogP contribution is -2.24. The summed E-state index contributed by atoms with van der Waals surface area (Å²) in [6.45, 7) is -0.377. The molecule has 3 N–H and O–H groups in total. The maximum absolute atomic E-state index is 13.5. The number of benzene rings is 2. The third-order valence-corrected chi connectivity index (χ3v) is 4.68. The fourth-order valence-electron chi connectivity index (χ4n) is 1.67. The van der Waals surface area contributed by atoms with Gasteiger partial charge >= 0.3 is 0 Å². The van der Waals surface area contributed by atoms with E-state index in [0.29, 0.717) is 4.47 Å². The SMILES string of the molecule is Nc1ccc(Br)cc1S(=O)(=O)NCc1cc(F)ccc1F. The zero-order valence-corrected chi connectivity index (χ0v) is 13.0. The highest BCUT2D eigenvalue weighted by atomic mass is 79.9. The van der Waals surface area contributed by atoms with Gasteiger partial charge in [-0.2, -0.15) is 0 Å². The molecule has 0 spiro atoms. The topological polar surface area (TPSA) is 72.2 Å². The molecular formula is C13H11BrF2N2O2S. The van der Waals surface area contributed by atoms with Gasteiger partial charge in [0.2, 0.25) is 10.0 Å². The molecule has 0 bridgehead atoms. The van der Waals surface area contributed by atoms with Gasteiger partial charge in [-0.25, -0.2) is 21.9 Å². The summed E-state index contributed by atoms with van der Waals surface area (Å²) in [5.74, 6) is -1.34. The molecule has 0 aliphatic rings. The van der Waals surface area contributed by atoms with Crippen molar-refractivity contribution in [1.82, 2.24) is 4.72 Å². The minimum atomic E-state index is -3.94. The minimum absolute atomic E-state index is 0.0606. The van der Waals surface area contributed by atoms with Crippen molar-refractivity contribution in [1.29, 1.82) is 0 Å². The number of rotatable bonds is 4.